The topological polar surface area (TPSA) is 38.0 Å². The van der Waals surface area contributed by atoms with Crippen molar-refractivity contribution in [2.24, 2.45) is 5.73 Å². The summed E-state index contributed by atoms with van der Waals surface area (Å²) < 4.78 is 0. The van der Waals surface area contributed by atoms with E-state index >= 15 is 0 Å². The fourth-order valence-corrected chi connectivity index (χ4v) is 2.23. The normalized spacial score (nSPS) is 12.4. The summed E-state index contributed by atoms with van der Waals surface area (Å²) in [4.78, 5) is 2.61. The molecule has 0 amide bonds. The molecule has 0 spiro atoms. The number of thiophene rings is 1. The summed E-state index contributed by atoms with van der Waals surface area (Å²) in [5.41, 5.74) is 5.69. The molecule has 0 fully saturated rings. The molecule has 0 saturated heterocycles. The van der Waals surface area contributed by atoms with Gasteiger partial charge in [0.05, 0.1) is 6.04 Å². The van der Waals surface area contributed by atoms with E-state index in [1.54, 1.807) is 11.3 Å². The Morgan fingerprint density at radius 2 is 2.43 bits per heavy atom. The zero-order valence-corrected chi connectivity index (χ0v) is 9.23. The van der Waals surface area contributed by atoms with Crippen LogP contribution in [-0.4, -0.2) is 13.1 Å². The molecule has 0 bridgehead atoms. The largest absolute Gasteiger partial charge is 0.329 e. The average Bonchev–Trinajstić information content (AvgIpc) is 2.60. The van der Waals surface area contributed by atoms with Crippen LogP contribution in [0.4, 0.5) is 0 Å². The standard InChI is InChI=1S/C11H16N2S/c1-3-4-7-13-10(8-12)11-6-5-9(2)14-11/h1,5-6,10,13H,4,7-8,12H2,2H3. The predicted molar refractivity (Wildman–Crippen MR) is 62.3 cm³/mol. The summed E-state index contributed by atoms with van der Waals surface area (Å²) >= 11 is 1.78. The van der Waals surface area contributed by atoms with Crippen molar-refractivity contribution in [3.8, 4) is 12.3 Å². The fourth-order valence-electron chi connectivity index (χ4n) is 1.26. The van der Waals surface area contributed by atoms with Crippen LogP contribution < -0.4 is 11.1 Å². The number of terminal acetylenes is 1. The Balaban J connectivity index is 2.50. The third-order valence-corrected chi connectivity index (χ3v) is 3.11. The van der Waals surface area contributed by atoms with Crippen LogP contribution in [-0.2, 0) is 0 Å². The van der Waals surface area contributed by atoms with Crippen LogP contribution in [0, 0.1) is 19.3 Å². The van der Waals surface area contributed by atoms with E-state index in [9.17, 15) is 0 Å². The van der Waals surface area contributed by atoms with Crippen molar-refractivity contribution in [2.75, 3.05) is 13.1 Å². The summed E-state index contributed by atoms with van der Waals surface area (Å²) in [6, 6.07) is 4.49. The highest BCUT2D eigenvalue weighted by Gasteiger charge is 2.09. The molecular weight excluding hydrogens is 192 g/mol. The summed E-state index contributed by atoms with van der Waals surface area (Å²) in [6.07, 6.45) is 5.93. The summed E-state index contributed by atoms with van der Waals surface area (Å²) in [6.45, 7) is 3.54. The minimum atomic E-state index is 0.252. The summed E-state index contributed by atoms with van der Waals surface area (Å²) in [7, 11) is 0. The average molecular weight is 208 g/mol. The van der Waals surface area contributed by atoms with Crippen molar-refractivity contribution in [3.63, 3.8) is 0 Å². The fraction of sp³-hybridized carbons (Fsp3) is 0.455. The molecule has 14 heavy (non-hydrogen) atoms. The molecule has 0 aliphatic carbocycles. The van der Waals surface area contributed by atoms with Crippen LogP contribution in [0.3, 0.4) is 0 Å². The van der Waals surface area contributed by atoms with Gasteiger partial charge in [-0.2, -0.15) is 0 Å². The molecule has 1 aromatic heterocycles. The maximum atomic E-state index is 5.69. The second-order valence-electron chi connectivity index (χ2n) is 3.14. The van der Waals surface area contributed by atoms with E-state index in [0.717, 1.165) is 13.0 Å². The van der Waals surface area contributed by atoms with Gasteiger partial charge in [-0.05, 0) is 19.1 Å². The van der Waals surface area contributed by atoms with Crippen LogP contribution in [0.25, 0.3) is 0 Å². The number of hydrogen-bond donors (Lipinski definition) is 2. The third kappa shape index (κ3) is 3.15. The van der Waals surface area contributed by atoms with Gasteiger partial charge in [0.1, 0.15) is 0 Å². The number of nitrogens with one attached hydrogen (secondary N) is 1. The molecule has 1 rings (SSSR count). The first kappa shape index (κ1) is 11.3. The first-order valence-corrected chi connectivity index (χ1v) is 5.53. The van der Waals surface area contributed by atoms with E-state index < -0.39 is 0 Å². The highest BCUT2D eigenvalue weighted by Crippen LogP contribution is 2.21. The Kier molecular flexibility index (Phi) is 4.68. The quantitative estimate of drug-likeness (QED) is 0.570. The molecular formula is C11H16N2S. The van der Waals surface area contributed by atoms with Gasteiger partial charge >= 0.3 is 0 Å². The third-order valence-electron chi connectivity index (χ3n) is 2.00. The first-order chi connectivity index (χ1) is 6.77. The van der Waals surface area contributed by atoms with Gasteiger partial charge in [0.15, 0.2) is 0 Å². The molecule has 0 radical (unpaired) electrons. The Morgan fingerprint density at radius 1 is 1.64 bits per heavy atom. The minimum Gasteiger partial charge on any atom is -0.329 e. The van der Waals surface area contributed by atoms with Crippen molar-refractivity contribution in [3.05, 3.63) is 21.9 Å². The molecule has 1 aromatic rings. The lowest BCUT2D eigenvalue weighted by Gasteiger charge is -2.13. The van der Waals surface area contributed by atoms with Crippen molar-refractivity contribution in [1.82, 2.24) is 5.32 Å². The lowest BCUT2D eigenvalue weighted by Crippen LogP contribution is -2.28. The molecule has 3 heteroatoms. The van der Waals surface area contributed by atoms with Crippen LogP contribution >= 0.6 is 11.3 Å². The Hall–Kier alpha value is -0.820. The molecule has 0 aliphatic heterocycles. The number of rotatable bonds is 5. The summed E-state index contributed by atoms with van der Waals surface area (Å²) in [5, 5.41) is 3.34. The van der Waals surface area contributed by atoms with E-state index in [0.29, 0.717) is 6.54 Å². The zero-order valence-electron chi connectivity index (χ0n) is 8.42. The lowest BCUT2D eigenvalue weighted by molar-refractivity contribution is 0.558. The van der Waals surface area contributed by atoms with Crippen molar-refractivity contribution < 1.29 is 0 Å². The summed E-state index contributed by atoms with van der Waals surface area (Å²) in [5.74, 6) is 2.60. The molecule has 2 nitrogen and oxygen atoms in total. The van der Waals surface area contributed by atoms with Crippen LogP contribution in [0.2, 0.25) is 0 Å². The van der Waals surface area contributed by atoms with Crippen LogP contribution in [0.5, 0.6) is 0 Å². The van der Waals surface area contributed by atoms with E-state index in [1.807, 2.05) is 0 Å². The Labute approximate surface area is 89.5 Å². The van der Waals surface area contributed by atoms with Gasteiger partial charge < -0.3 is 11.1 Å². The Morgan fingerprint density at radius 3 is 2.93 bits per heavy atom. The van der Waals surface area contributed by atoms with E-state index in [4.69, 9.17) is 12.2 Å². The van der Waals surface area contributed by atoms with Gasteiger partial charge in [0, 0.05) is 29.3 Å². The highest BCUT2D eigenvalue weighted by atomic mass is 32.1. The van der Waals surface area contributed by atoms with Gasteiger partial charge in [-0.3, -0.25) is 0 Å². The van der Waals surface area contributed by atoms with Crippen molar-refractivity contribution in [1.29, 1.82) is 0 Å². The number of nitrogens with two attached hydrogens (primary N) is 1. The minimum absolute atomic E-state index is 0.252. The zero-order chi connectivity index (χ0) is 10.4. The van der Waals surface area contributed by atoms with Crippen LogP contribution in [0.15, 0.2) is 12.1 Å². The Bertz CT molecular complexity index is 311. The first-order valence-electron chi connectivity index (χ1n) is 4.71. The number of aryl methyl sites for hydroxylation is 1. The second-order valence-corrected chi connectivity index (χ2v) is 4.46. The van der Waals surface area contributed by atoms with Gasteiger partial charge in [-0.25, -0.2) is 0 Å². The number of hydrogen-bond acceptors (Lipinski definition) is 3. The predicted octanol–water partition coefficient (Wildman–Crippen LogP) is 1.67. The molecule has 1 atom stereocenters. The maximum Gasteiger partial charge on any atom is 0.0539 e. The second kappa shape index (κ2) is 5.82. The van der Waals surface area contributed by atoms with Gasteiger partial charge in [-0.1, -0.05) is 0 Å². The van der Waals surface area contributed by atoms with E-state index in [1.165, 1.54) is 9.75 Å². The van der Waals surface area contributed by atoms with Gasteiger partial charge in [0.25, 0.3) is 0 Å². The maximum absolute atomic E-state index is 5.69. The van der Waals surface area contributed by atoms with Gasteiger partial charge in [0.2, 0.25) is 0 Å². The van der Waals surface area contributed by atoms with E-state index in [-0.39, 0.29) is 6.04 Å². The lowest BCUT2D eigenvalue weighted by atomic mass is 10.2. The molecule has 3 N–H and O–H groups in total. The molecule has 0 saturated carbocycles. The van der Waals surface area contributed by atoms with E-state index in [2.05, 4.69) is 30.3 Å². The SMILES string of the molecule is C#CCCNC(CN)c1ccc(C)s1. The molecule has 1 heterocycles. The molecule has 76 valence electrons. The van der Waals surface area contributed by atoms with Crippen molar-refractivity contribution >= 4 is 11.3 Å². The molecule has 0 aliphatic rings. The van der Waals surface area contributed by atoms with Gasteiger partial charge in [-0.15, -0.1) is 23.7 Å². The smallest absolute Gasteiger partial charge is 0.0539 e. The molecule has 1 unspecified atom stereocenters. The van der Waals surface area contributed by atoms with Crippen LogP contribution in [0.1, 0.15) is 22.2 Å². The molecule has 0 aromatic carbocycles. The highest BCUT2D eigenvalue weighted by molar-refractivity contribution is 7.12. The van der Waals surface area contributed by atoms with Crippen molar-refractivity contribution in [2.45, 2.75) is 19.4 Å². The monoisotopic (exact) mass is 208 g/mol.